The standard InChI is InChI=1S/C13H19N3O/c1-9-7-11(5-6-15-9)16-13(17)8-10-3-2-4-12(10)14/h5-7,10,12H,2-4,8,14H2,1H3,(H,15,16,17)/t10-,12+/m0/s1. The smallest absolute Gasteiger partial charge is 0.224 e. The normalized spacial score (nSPS) is 23.6. The highest BCUT2D eigenvalue weighted by Crippen LogP contribution is 2.27. The number of aryl methyl sites for hydroxylation is 1. The van der Waals surface area contributed by atoms with Crippen LogP contribution in [0.2, 0.25) is 0 Å². The lowest BCUT2D eigenvalue weighted by atomic mass is 10.00. The van der Waals surface area contributed by atoms with Crippen LogP contribution in [0.1, 0.15) is 31.4 Å². The van der Waals surface area contributed by atoms with E-state index in [0.717, 1.165) is 30.6 Å². The quantitative estimate of drug-likeness (QED) is 0.837. The lowest BCUT2D eigenvalue weighted by Gasteiger charge is -2.14. The fourth-order valence-corrected chi connectivity index (χ4v) is 2.39. The van der Waals surface area contributed by atoms with Gasteiger partial charge in [0.25, 0.3) is 0 Å². The first-order valence-electron chi connectivity index (χ1n) is 6.13. The molecule has 0 aliphatic heterocycles. The fourth-order valence-electron chi connectivity index (χ4n) is 2.39. The monoisotopic (exact) mass is 233 g/mol. The molecule has 1 amide bonds. The molecule has 0 aromatic carbocycles. The van der Waals surface area contributed by atoms with Crippen LogP contribution >= 0.6 is 0 Å². The van der Waals surface area contributed by atoms with Crippen molar-refractivity contribution in [1.82, 2.24) is 4.98 Å². The van der Waals surface area contributed by atoms with E-state index in [0.29, 0.717) is 12.3 Å². The van der Waals surface area contributed by atoms with E-state index in [4.69, 9.17) is 5.73 Å². The predicted molar refractivity (Wildman–Crippen MR) is 67.5 cm³/mol. The summed E-state index contributed by atoms with van der Waals surface area (Å²) >= 11 is 0. The minimum Gasteiger partial charge on any atom is -0.327 e. The number of carbonyl (C=O) groups is 1. The number of aromatic nitrogens is 1. The van der Waals surface area contributed by atoms with Gasteiger partial charge in [0.15, 0.2) is 0 Å². The van der Waals surface area contributed by atoms with Gasteiger partial charge in [-0.1, -0.05) is 6.42 Å². The van der Waals surface area contributed by atoms with E-state index < -0.39 is 0 Å². The summed E-state index contributed by atoms with van der Waals surface area (Å²) < 4.78 is 0. The lowest BCUT2D eigenvalue weighted by molar-refractivity contribution is -0.117. The second-order valence-corrected chi connectivity index (χ2v) is 4.79. The number of nitrogens with one attached hydrogen (secondary N) is 1. The minimum atomic E-state index is 0.0537. The SMILES string of the molecule is Cc1cc(NC(=O)C[C@@H]2CCC[C@H]2N)ccn1. The molecular weight excluding hydrogens is 214 g/mol. The number of rotatable bonds is 3. The highest BCUT2D eigenvalue weighted by molar-refractivity contribution is 5.90. The summed E-state index contributed by atoms with van der Waals surface area (Å²) in [6.07, 6.45) is 5.50. The van der Waals surface area contributed by atoms with Crippen LogP contribution in [0.4, 0.5) is 5.69 Å². The molecule has 4 nitrogen and oxygen atoms in total. The molecule has 1 aromatic heterocycles. The highest BCUT2D eigenvalue weighted by Gasteiger charge is 2.25. The molecule has 1 aliphatic rings. The van der Waals surface area contributed by atoms with E-state index >= 15 is 0 Å². The third-order valence-electron chi connectivity index (χ3n) is 3.35. The lowest BCUT2D eigenvalue weighted by Crippen LogP contribution is -2.28. The fraction of sp³-hybridized carbons (Fsp3) is 0.538. The molecular formula is C13H19N3O. The average molecular weight is 233 g/mol. The van der Waals surface area contributed by atoms with E-state index in [1.807, 2.05) is 13.0 Å². The molecule has 3 N–H and O–H groups in total. The zero-order valence-corrected chi connectivity index (χ0v) is 10.1. The number of hydrogen-bond acceptors (Lipinski definition) is 3. The summed E-state index contributed by atoms with van der Waals surface area (Å²) in [7, 11) is 0. The van der Waals surface area contributed by atoms with Gasteiger partial charge in [0.1, 0.15) is 0 Å². The molecule has 1 fully saturated rings. The number of amides is 1. The van der Waals surface area contributed by atoms with Crippen LogP contribution < -0.4 is 11.1 Å². The Hall–Kier alpha value is -1.42. The molecule has 0 unspecified atom stereocenters. The van der Waals surface area contributed by atoms with Crippen molar-refractivity contribution in [2.75, 3.05) is 5.32 Å². The van der Waals surface area contributed by atoms with Gasteiger partial charge in [-0.3, -0.25) is 9.78 Å². The Morgan fingerprint density at radius 1 is 1.59 bits per heavy atom. The molecule has 0 bridgehead atoms. The Balaban J connectivity index is 1.89. The molecule has 92 valence electrons. The molecule has 17 heavy (non-hydrogen) atoms. The van der Waals surface area contributed by atoms with Gasteiger partial charge >= 0.3 is 0 Å². The summed E-state index contributed by atoms with van der Waals surface area (Å²) in [5.74, 6) is 0.399. The van der Waals surface area contributed by atoms with Crippen molar-refractivity contribution >= 4 is 11.6 Å². The maximum atomic E-state index is 11.8. The van der Waals surface area contributed by atoms with E-state index in [-0.39, 0.29) is 11.9 Å². The van der Waals surface area contributed by atoms with Crippen molar-refractivity contribution in [2.24, 2.45) is 11.7 Å². The Bertz CT molecular complexity index is 405. The van der Waals surface area contributed by atoms with Crippen LogP contribution in [-0.4, -0.2) is 16.9 Å². The number of pyridine rings is 1. The molecule has 1 aliphatic carbocycles. The number of nitrogens with two attached hydrogens (primary N) is 1. The van der Waals surface area contributed by atoms with Gasteiger partial charge in [0.2, 0.25) is 5.91 Å². The topological polar surface area (TPSA) is 68.0 Å². The van der Waals surface area contributed by atoms with Crippen molar-refractivity contribution in [3.63, 3.8) is 0 Å². The molecule has 1 saturated carbocycles. The molecule has 0 saturated heterocycles. The van der Waals surface area contributed by atoms with Crippen LogP contribution in [-0.2, 0) is 4.79 Å². The molecule has 2 atom stereocenters. The first-order chi connectivity index (χ1) is 8.15. The van der Waals surface area contributed by atoms with Crippen LogP contribution in [0.25, 0.3) is 0 Å². The third kappa shape index (κ3) is 3.27. The van der Waals surface area contributed by atoms with Crippen molar-refractivity contribution < 1.29 is 4.79 Å². The Kier molecular flexibility index (Phi) is 3.74. The summed E-state index contributed by atoms with van der Waals surface area (Å²) in [4.78, 5) is 15.9. The van der Waals surface area contributed by atoms with Crippen molar-refractivity contribution in [2.45, 2.75) is 38.6 Å². The van der Waals surface area contributed by atoms with Gasteiger partial charge in [-0.2, -0.15) is 0 Å². The predicted octanol–water partition coefficient (Wildman–Crippen LogP) is 1.85. The van der Waals surface area contributed by atoms with Gasteiger partial charge in [0.05, 0.1) is 0 Å². The zero-order chi connectivity index (χ0) is 12.3. The summed E-state index contributed by atoms with van der Waals surface area (Å²) in [6, 6.07) is 3.87. The molecule has 0 radical (unpaired) electrons. The van der Waals surface area contributed by atoms with Crippen molar-refractivity contribution in [3.05, 3.63) is 24.0 Å². The highest BCUT2D eigenvalue weighted by atomic mass is 16.1. The Morgan fingerprint density at radius 2 is 2.41 bits per heavy atom. The van der Waals surface area contributed by atoms with Gasteiger partial charge in [-0.25, -0.2) is 0 Å². The molecule has 2 rings (SSSR count). The van der Waals surface area contributed by atoms with Gasteiger partial charge < -0.3 is 11.1 Å². The van der Waals surface area contributed by atoms with Gasteiger partial charge in [-0.15, -0.1) is 0 Å². The number of hydrogen-bond donors (Lipinski definition) is 2. The largest absolute Gasteiger partial charge is 0.327 e. The maximum absolute atomic E-state index is 11.8. The number of carbonyl (C=O) groups excluding carboxylic acids is 1. The second kappa shape index (κ2) is 5.27. The summed E-state index contributed by atoms with van der Waals surface area (Å²) in [5.41, 5.74) is 7.67. The molecule has 1 heterocycles. The Morgan fingerprint density at radius 3 is 3.06 bits per heavy atom. The van der Waals surface area contributed by atoms with Crippen LogP contribution in [0.3, 0.4) is 0 Å². The van der Waals surface area contributed by atoms with Gasteiger partial charge in [0, 0.05) is 30.0 Å². The second-order valence-electron chi connectivity index (χ2n) is 4.79. The van der Waals surface area contributed by atoms with Crippen LogP contribution in [0, 0.1) is 12.8 Å². The number of nitrogens with zero attached hydrogens (tertiary/aromatic N) is 1. The van der Waals surface area contributed by atoms with Crippen LogP contribution in [0.5, 0.6) is 0 Å². The molecule has 0 spiro atoms. The first-order valence-corrected chi connectivity index (χ1v) is 6.13. The first kappa shape index (κ1) is 12.0. The summed E-state index contributed by atoms with van der Waals surface area (Å²) in [6.45, 7) is 1.91. The summed E-state index contributed by atoms with van der Waals surface area (Å²) in [5, 5.41) is 2.90. The zero-order valence-electron chi connectivity index (χ0n) is 10.1. The molecule has 1 aromatic rings. The minimum absolute atomic E-state index is 0.0537. The van der Waals surface area contributed by atoms with Crippen molar-refractivity contribution in [3.8, 4) is 0 Å². The molecule has 4 heteroatoms. The number of anilines is 1. The maximum Gasteiger partial charge on any atom is 0.224 e. The third-order valence-corrected chi connectivity index (χ3v) is 3.35. The van der Waals surface area contributed by atoms with E-state index in [1.54, 1.807) is 12.3 Å². The van der Waals surface area contributed by atoms with E-state index in [1.165, 1.54) is 0 Å². The van der Waals surface area contributed by atoms with Gasteiger partial charge in [-0.05, 0) is 37.8 Å². The van der Waals surface area contributed by atoms with Crippen LogP contribution in [0.15, 0.2) is 18.3 Å². The van der Waals surface area contributed by atoms with Crippen molar-refractivity contribution in [1.29, 1.82) is 0 Å². The van der Waals surface area contributed by atoms with E-state index in [9.17, 15) is 4.79 Å². The Labute approximate surface area is 102 Å². The van der Waals surface area contributed by atoms with E-state index in [2.05, 4.69) is 10.3 Å². The average Bonchev–Trinajstić information content (AvgIpc) is 2.64.